The van der Waals surface area contributed by atoms with Crippen LogP contribution in [0.5, 0.6) is 0 Å². The molecule has 2 N–H and O–H groups in total. The minimum absolute atomic E-state index is 0.231. The predicted octanol–water partition coefficient (Wildman–Crippen LogP) is 0.832. The predicted molar refractivity (Wildman–Crippen MR) is 66.6 cm³/mol. The Morgan fingerprint density at radius 2 is 1.94 bits per heavy atom. The highest BCUT2D eigenvalue weighted by atomic mass is 16.5. The van der Waals surface area contributed by atoms with Crippen molar-refractivity contribution in [3.63, 3.8) is 0 Å². The third-order valence-electron chi connectivity index (χ3n) is 2.60. The first-order chi connectivity index (χ1) is 8.04. The van der Waals surface area contributed by atoms with Gasteiger partial charge in [-0.3, -0.25) is 4.79 Å². The second-order valence-electron chi connectivity index (χ2n) is 4.08. The molecular weight excluding hydrogens is 220 g/mol. The molecule has 5 nitrogen and oxygen atoms in total. The van der Waals surface area contributed by atoms with Crippen LogP contribution in [0.2, 0.25) is 0 Å². The lowest BCUT2D eigenvalue weighted by atomic mass is 10.1. The second kappa shape index (κ2) is 8.98. The van der Waals surface area contributed by atoms with Crippen LogP contribution in [-0.2, 0) is 14.3 Å². The number of hydrogen-bond donors (Lipinski definition) is 2. The number of hydrogen-bond acceptors (Lipinski definition) is 4. The first-order valence-corrected chi connectivity index (χ1v) is 6.13. The molecule has 0 aliphatic heterocycles. The smallest absolute Gasteiger partial charge is 0.329 e. The number of amides is 1. The highest BCUT2D eigenvalue weighted by Crippen LogP contribution is 2.01. The van der Waals surface area contributed by atoms with Gasteiger partial charge in [-0.2, -0.15) is 0 Å². The Labute approximate surface area is 103 Å². The molecule has 0 rings (SSSR count). The van der Waals surface area contributed by atoms with E-state index < -0.39 is 12.0 Å². The van der Waals surface area contributed by atoms with Gasteiger partial charge in [-0.15, -0.1) is 0 Å². The van der Waals surface area contributed by atoms with Gasteiger partial charge in [-0.25, -0.2) is 4.79 Å². The van der Waals surface area contributed by atoms with E-state index >= 15 is 0 Å². The largest absolute Gasteiger partial charge is 0.467 e. The first-order valence-electron chi connectivity index (χ1n) is 6.13. The fourth-order valence-corrected chi connectivity index (χ4v) is 1.66. The van der Waals surface area contributed by atoms with Gasteiger partial charge in [0.1, 0.15) is 6.04 Å². The molecule has 0 spiro atoms. The molecule has 0 saturated heterocycles. The summed E-state index contributed by atoms with van der Waals surface area (Å²) in [6.45, 7) is 6.01. The zero-order valence-corrected chi connectivity index (χ0v) is 11.2. The molecular formula is C12H24N2O3. The van der Waals surface area contributed by atoms with Crippen LogP contribution in [0.4, 0.5) is 0 Å². The summed E-state index contributed by atoms with van der Waals surface area (Å²) in [4.78, 5) is 22.4. The van der Waals surface area contributed by atoms with Crippen LogP contribution in [0.3, 0.4) is 0 Å². The fraction of sp³-hybridized carbons (Fsp3) is 0.833. The van der Waals surface area contributed by atoms with Gasteiger partial charge in [0.25, 0.3) is 0 Å². The minimum Gasteiger partial charge on any atom is -0.467 e. The Bertz CT molecular complexity index is 244. The summed E-state index contributed by atoms with van der Waals surface area (Å²) < 4.78 is 4.65. The highest BCUT2D eigenvalue weighted by Gasteiger charge is 2.20. The van der Waals surface area contributed by atoms with Crippen molar-refractivity contribution in [1.82, 2.24) is 10.6 Å². The summed E-state index contributed by atoms with van der Waals surface area (Å²) in [5, 5.41) is 5.85. The molecule has 0 aromatic rings. The molecule has 0 aliphatic rings. The number of esters is 1. The van der Waals surface area contributed by atoms with Gasteiger partial charge in [0.15, 0.2) is 0 Å². The van der Waals surface area contributed by atoms with E-state index in [0.29, 0.717) is 12.6 Å². The van der Waals surface area contributed by atoms with Crippen LogP contribution in [0.25, 0.3) is 0 Å². The van der Waals surface area contributed by atoms with Crippen LogP contribution in [-0.4, -0.2) is 37.6 Å². The maximum Gasteiger partial charge on any atom is 0.329 e. The molecule has 2 atom stereocenters. The highest BCUT2D eigenvalue weighted by molar-refractivity contribution is 5.83. The van der Waals surface area contributed by atoms with Crippen molar-refractivity contribution in [1.29, 1.82) is 0 Å². The van der Waals surface area contributed by atoms with Crippen molar-refractivity contribution in [2.75, 3.05) is 13.7 Å². The van der Waals surface area contributed by atoms with E-state index in [0.717, 1.165) is 19.3 Å². The molecule has 1 amide bonds. The van der Waals surface area contributed by atoms with E-state index in [4.69, 9.17) is 0 Å². The normalized spacial score (nSPS) is 13.9. The molecule has 0 fully saturated rings. The van der Waals surface area contributed by atoms with Crippen molar-refractivity contribution in [2.24, 2.45) is 0 Å². The first kappa shape index (κ1) is 15.9. The molecule has 100 valence electrons. The summed E-state index contributed by atoms with van der Waals surface area (Å²) in [5.41, 5.74) is 0. The number of carbonyl (C=O) groups is 2. The average Bonchev–Trinajstić information content (AvgIpc) is 2.31. The topological polar surface area (TPSA) is 67.4 Å². The molecule has 2 unspecified atom stereocenters. The summed E-state index contributed by atoms with van der Waals surface area (Å²) in [5.74, 6) is -0.648. The minimum atomic E-state index is -0.608. The fourth-order valence-electron chi connectivity index (χ4n) is 1.66. The van der Waals surface area contributed by atoms with Crippen molar-refractivity contribution in [3.8, 4) is 0 Å². The number of ether oxygens (including phenoxy) is 1. The van der Waals surface area contributed by atoms with Crippen LogP contribution >= 0.6 is 0 Å². The van der Waals surface area contributed by atoms with E-state index in [1.54, 1.807) is 0 Å². The zero-order valence-electron chi connectivity index (χ0n) is 11.2. The molecule has 0 aliphatic carbocycles. The quantitative estimate of drug-likeness (QED) is 0.621. The number of rotatable bonds is 8. The van der Waals surface area contributed by atoms with Gasteiger partial charge in [0.2, 0.25) is 5.91 Å². The maximum atomic E-state index is 11.4. The monoisotopic (exact) mass is 244 g/mol. The molecule has 0 saturated carbocycles. The molecule has 0 radical (unpaired) electrons. The van der Waals surface area contributed by atoms with E-state index in [1.165, 1.54) is 14.0 Å². The van der Waals surface area contributed by atoms with Gasteiger partial charge < -0.3 is 15.4 Å². The number of carbonyl (C=O) groups excluding carboxylic acids is 2. The van der Waals surface area contributed by atoms with E-state index in [9.17, 15) is 9.59 Å². The lowest BCUT2D eigenvalue weighted by Crippen LogP contribution is -2.49. The van der Waals surface area contributed by atoms with Gasteiger partial charge in [0.05, 0.1) is 7.11 Å². The molecule has 5 heteroatoms. The van der Waals surface area contributed by atoms with Gasteiger partial charge >= 0.3 is 5.97 Å². The summed E-state index contributed by atoms with van der Waals surface area (Å²) in [6.07, 6.45) is 3.15. The van der Waals surface area contributed by atoms with E-state index in [-0.39, 0.29) is 5.91 Å². The standard InChI is InChI=1S/C12H24N2O3/c1-5-7-10(6-2)13-8-11(12(16)17-4)14-9(3)15/h10-11,13H,5-8H2,1-4H3,(H,14,15). The number of nitrogens with one attached hydrogen (secondary N) is 2. The van der Waals surface area contributed by atoms with Crippen molar-refractivity contribution < 1.29 is 14.3 Å². The van der Waals surface area contributed by atoms with Gasteiger partial charge in [0, 0.05) is 19.5 Å². The second-order valence-corrected chi connectivity index (χ2v) is 4.08. The Balaban J connectivity index is 4.22. The van der Waals surface area contributed by atoms with Crippen molar-refractivity contribution in [3.05, 3.63) is 0 Å². The molecule has 0 aromatic heterocycles. The van der Waals surface area contributed by atoms with Gasteiger partial charge in [-0.1, -0.05) is 20.3 Å². The molecule has 17 heavy (non-hydrogen) atoms. The third-order valence-corrected chi connectivity index (χ3v) is 2.60. The SMILES string of the molecule is CCCC(CC)NCC(NC(C)=O)C(=O)OC. The summed E-state index contributed by atoms with van der Waals surface area (Å²) in [6, 6.07) is -0.232. The third kappa shape index (κ3) is 6.94. The molecule has 0 aromatic carbocycles. The van der Waals surface area contributed by atoms with Gasteiger partial charge in [-0.05, 0) is 12.8 Å². The Hall–Kier alpha value is -1.10. The van der Waals surface area contributed by atoms with Crippen molar-refractivity contribution in [2.45, 2.75) is 52.1 Å². The maximum absolute atomic E-state index is 11.4. The van der Waals surface area contributed by atoms with E-state index in [1.807, 2.05) is 0 Å². The van der Waals surface area contributed by atoms with Crippen LogP contribution in [0.1, 0.15) is 40.0 Å². The Kier molecular flexibility index (Phi) is 8.40. The van der Waals surface area contributed by atoms with Crippen LogP contribution in [0, 0.1) is 0 Å². The van der Waals surface area contributed by atoms with Crippen molar-refractivity contribution >= 4 is 11.9 Å². The lowest BCUT2D eigenvalue weighted by Gasteiger charge is -2.21. The lowest BCUT2D eigenvalue weighted by molar-refractivity contribution is -0.144. The van der Waals surface area contributed by atoms with Crippen LogP contribution in [0.15, 0.2) is 0 Å². The average molecular weight is 244 g/mol. The number of methoxy groups -OCH3 is 1. The molecule has 0 bridgehead atoms. The Morgan fingerprint density at radius 1 is 1.29 bits per heavy atom. The Morgan fingerprint density at radius 3 is 2.35 bits per heavy atom. The summed E-state index contributed by atoms with van der Waals surface area (Å²) in [7, 11) is 1.32. The summed E-state index contributed by atoms with van der Waals surface area (Å²) >= 11 is 0. The zero-order chi connectivity index (χ0) is 13.3. The van der Waals surface area contributed by atoms with Crippen LogP contribution < -0.4 is 10.6 Å². The molecule has 0 heterocycles. The van der Waals surface area contributed by atoms with E-state index in [2.05, 4.69) is 29.2 Å².